The minimum Gasteiger partial charge on any atom is -0.356 e. The van der Waals surface area contributed by atoms with Gasteiger partial charge in [0.2, 0.25) is 0 Å². The third kappa shape index (κ3) is 4.20. The lowest BCUT2D eigenvalue weighted by atomic mass is 10.3. The van der Waals surface area contributed by atoms with Crippen molar-refractivity contribution in [1.29, 1.82) is 0 Å². The summed E-state index contributed by atoms with van der Waals surface area (Å²) in [5.74, 6) is 1.09. The molecule has 0 unspecified atom stereocenters. The number of rotatable bonds is 6. The molecule has 15 heavy (non-hydrogen) atoms. The van der Waals surface area contributed by atoms with Crippen molar-refractivity contribution >= 4 is 21.7 Å². The monoisotopic (exact) mass is 270 g/mol. The zero-order chi connectivity index (χ0) is 11.1. The highest BCUT2D eigenvalue weighted by atomic mass is 79.9. The van der Waals surface area contributed by atoms with Gasteiger partial charge in [0.05, 0.1) is 0 Å². The van der Waals surface area contributed by atoms with Crippen LogP contribution in [0.3, 0.4) is 0 Å². The summed E-state index contributed by atoms with van der Waals surface area (Å²) < 4.78 is 0. The van der Waals surface area contributed by atoms with Gasteiger partial charge in [-0.1, -0.05) is 35.3 Å². The molecule has 84 valence electrons. The summed E-state index contributed by atoms with van der Waals surface area (Å²) >= 11 is 3.48. The van der Waals surface area contributed by atoms with Crippen molar-refractivity contribution in [3.63, 3.8) is 0 Å². The molecule has 0 fully saturated rings. The number of aromatic nitrogens is 1. The minimum atomic E-state index is 0.992. The van der Waals surface area contributed by atoms with E-state index in [0.29, 0.717) is 0 Å². The number of alkyl halides is 1. The van der Waals surface area contributed by atoms with Crippen LogP contribution >= 0.6 is 15.9 Å². The lowest BCUT2D eigenvalue weighted by Crippen LogP contribution is -2.27. The Kier molecular flexibility index (Phi) is 5.69. The number of pyridine rings is 1. The van der Waals surface area contributed by atoms with Gasteiger partial charge >= 0.3 is 0 Å². The van der Waals surface area contributed by atoms with E-state index in [4.69, 9.17) is 0 Å². The van der Waals surface area contributed by atoms with Crippen molar-refractivity contribution in [3.8, 4) is 0 Å². The normalized spacial score (nSPS) is 10.3. The molecule has 1 rings (SSSR count). The van der Waals surface area contributed by atoms with E-state index in [1.54, 1.807) is 0 Å². The second-order valence-electron chi connectivity index (χ2n) is 3.72. The second kappa shape index (κ2) is 6.83. The van der Waals surface area contributed by atoms with Gasteiger partial charge < -0.3 is 4.90 Å². The second-order valence-corrected chi connectivity index (χ2v) is 4.52. The van der Waals surface area contributed by atoms with Crippen LogP contribution in [0.1, 0.15) is 25.3 Å². The first-order chi connectivity index (χ1) is 7.27. The maximum Gasteiger partial charge on any atom is 0.128 e. The van der Waals surface area contributed by atoms with Gasteiger partial charge in [-0.15, -0.1) is 0 Å². The molecule has 0 saturated heterocycles. The maximum atomic E-state index is 4.46. The quantitative estimate of drug-likeness (QED) is 0.737. The molecule has 0 aromatic carbocycles. The minimum absolute atomic E-state index is 0.992. The van der Waals surface area contributed by atoms with E-state index in [1.165, 1.54) is 18.4 Å². The molecule has 0 N–H and O–H groups in total. The predicted octanol–water partition coefficient (Wildman–Crippen LogP) is 3.39. The summed E-state index contributed by atoms with van der Waals surface area (Å²) in [6, 6.07) is 4.23. The third-order valence-electron chi connectivity index (χ3n) is 2.36. The fraction of sp³-hybridized carbons (Fsp3) is 0.583. The third-order valence-corrected chi connectivity index (χ3v) is 2.71. The standard InChI is InChI=1S/C12H19BrN2/c1-3-4-8-15(9-7-13)12-6-5-11(2)10-14-12/h5-6,10H,3-4,7-9H2,1-2H3. The van der Waals surface area contributed by atoms with Crippen LogP contribution in [0.15, 0.2) is 18.3 Å². The maximum absolute atomic E-state index is 4.46. The highest BCUT2D eigenvalue weighted by molar-refractivity contribution is 9.09. The smallest absolute Gasteiger partial charge is 0.128 e. The Morgan fingerprint density at radius 1 is 1.33 bits per heavy atom. The van der Waals surface area contributed by atoms with Crippen molar-refractivity contribution in [2.24, 2.45) is 0 Å². The number of unbranched alkanes of at least 4 members (excludes halogenated alkanes) is 1. The van der Waals surface area contributed by atoms with Crippen LogP contribution in [0.2, 0.25) is 0 Å². The van der Waals surface area contributed by atoms with Crippen molar-refractivity contribution in [1.82, 2.24) is 4.98 Å². The summed E-state index contributed by atoms with van der Waals surface area (Å²) in [7, 11) is 0. The van der Waals surface area contributed by atoms with E-state index < -0.39 is 0 Å². The van der Waals surface area contributed by atoms with Crippen molar-refractivity contribution in [2.75, 3.05) is 23.3 Å². The Hall–Kier alpha value is -0.570. The molecule has 0 aliphatic carbocycles. The van der Waals surface area contributed by atoms with Gasteiger partial charge in [0.25, 0.3) is 0 Å². The SMILES string of the molecule is CCCCN(CCBr)c1ccc(C)cn1. The van der Waals surface area contributed by atoms with Crippen molar-refractivity contribution < 1.29 is 0 Å². The van der Waals surface area contributed by atoms with Gasteiger partial charge in [-0.25, -0.2) is 4.98 Å². The van der Waals surface area contributed by atoms with Gasteiger partial charge in [0.15, 0.2) is 0 Å². The van der Waals surface area contributed by atoms with E-state index in [0.717, 1.165) is 24.2 Å². The number of hydrogen-bond donors (Lipinski definition) is 0. The van der Waals surface area contributed by atoms with Crippen LogP contribution in [-0.4, -0.2) is 23.4 Å². The molecule has 0 saturated carbocycles. The van der Waals surface area contributed by atoms with E-state index in [1.807, 2.05) is 6.20 Å². The van der Waals surface area contributed by atoms with E-state index in [2.05, 4.69) is 51.8 Å². The summed E-state index contributed by atoms with van der Waals surface area (Å²) in [5.41, 5.74) is 1.22. The average molecular weight is 271 g/mol. The first-order valence-corrected chi connectivity index (χ1v) is 6.63. The number of halogens is 1. The first-order valence-electron chi connectivity index (χ1n) is 5.51. The van der Waals surface area contributed by atoms with Gasteiger partial charge in [0.1, 0.15) is 5.82 Å². The molecule has 0 radical (unpaired) electrons. The number of anilines is 1. The van der Waals surface area contributed by atoms with Crippen LogP contribution in [0.25, 0.3) is 0 Å². The zero-order valence-electron chi connectivity index (χ0n) is 9.54. The molecule has 3 heteroatoms. The Balaban J connectivity index is 2.65. The summed E-state index contributed by atoms with van der Waals surface area (Å²) in [5, 5.41) is 0.992. The highest BCUT2D eigenvalue weighted by Crippen LogP contribution is 2.12. The molecule has 0 bridgehead atoms. The largest absolute Gasteiger partial charge is 0.356 e. The topological polar surface area (TPSA) is 16.1 Å². The zero-order valence-corrected chi connectivity index (χ0v) is 11.1. The van der Waals surface area contributed by atoms with Gasteiger partial charge in [-0.3, -0.25) is 0 Å². The van der Waals surface area contributed by atoms with Crippen molar-refractivity contribution in [3.05, 3.63) is 23.9 Å². The summed E-state index contributed by atoms with van der Waals surface area (Å²) in [6.07, 6.45) is 4.38. The fourth-order valence-corrected chi connectivity index (χ4v) is 1.87. The molecule has 0 amide bonds. The lowest BCUT2D eigenvalue weighted by Gasteiger charge is -2.22. The molecule has 0 atom stereocenters. The summed E-state index contributed by atoms with van der Waals surface area (Å²) in [4.78, 5) is 6.79. The molecule has 1 heterocycles. The lowest BCUT2D eigenvalue weighted by molar-refractivity contribution is 0.727. The molecular formula is C12H19BrN2. The van der Waals surface area contributed by atoms with E-state index in [9.17, 15) is 0 Å². The van der Waals surface area contributed by atoms with E-state index in [-0.39, 0.29) is 0 Å². The first kappa shape index (κ1) is 12.5. The van der Waals surface area contributed by atoms with Gasteiger partial charge in [-0.2, -0.15) is 0 Å². The molecule has 0 aliphatic rings. The number of hydrogen-bond acceptors (Lipinski definition) is 2. The highest BCUT2D eigenvalue weighted by Gasteiger charge is 2.05. The Labute approximate surface area is 101 Å². The number of aryl methyl sites for hydroxylation is 1. The molecule has 0 spiro atoms. The van der Waals surface area contributed by atoms with Gasteiger partial charge in [0, 0.05) is 24.6 Å². The van der Waals surface area contributed by atoms with E-state index >= 15 is 0 Å². The summed E-state index contributed by atoms with van der Waals surface area (Å²) in [6.45, 7) is 6.40. The van der Waals surface area contributed by atoms with Crippen LogP contribution < -0.4 is 4.90 Å². The average Bonchev–Trinajstić information content (AvgIpc) is 2.25. The molecule has 1 aromatic rings. The Morgan fingerprint density at radius 3 is 2.67 bits per heavy atom. The van der Waals surface area contributed by atoms with Crippen LogP contribution in [0, 0.1) is 6.92 Å². The molecule has 2 nitrogen and oxygen atoms in total. The van der Waals surface area contributed by atoms with Gasteiger partial charge in [-0.05, 0) is 25.0 Å². The Bertz CT molecular complexity index is 271. The Morgan fingerprint density at radius 2 is 2.13 bits per heavy atom. The van der Waals surface area contributed by atoms with Crippen molar-refractivity contribution in [2.45, 2.75) is 26.7 Å². The molecule has 1 aromatic heterocycles. The number of nitrogens with zero attached hydrogens (tertiary/aromatic N) is 2. The van der Waals surface area contributed by atoms with Crippen LogP contribution in [-0.2, 0) is 0 Å². The molecule has 0 aliphatic heterocycles. The predicted molar refractivity (Wildman–Crippen MR) is 69.9 cm³/mol. The molecular weight excluding hydrogens is 252 g/mol. The fourth-order valence-electron chi connectivity index (χ4n) is 1.44. The van der Waals surface area contributed by atoms with Crippen LogP contribution in [0.5, 0.6) is 0 Å². The van der Waals surface area contributed by atoms with Crippen LogP contribution in [0.4, 0.5) is 5.82 Å².